The van der Waals surface area contributed by atoms with Gasteiger partial charge in [0.2, 0.25) is 5.82 Å². The number of fused-ring (bicyclic) bond motifs is 1. The number of amides is 2. The molecule has 0 aliphatic rings. The Balaban J connectivity index is 1.90. The van der Waals surface area contributed by atoms with E-state index >= 15 is 0 Å². The van der Waals surface area contributed by atoms with E-state index in [0.29, 0.717) is 18.6 Å². The molecule has 1 aromatic carbocycles. The molecule has 0 spiro atoms. The highest BCUT2D eigenvalue weighted by Gasteiger charge is 2.22. The van der Waals surface area contributed by atoms with Crippen LogP contribution < -0.4 is 10.6 Å². The van der Waals surface area contributed by atoms with Crippen molar-refractivity contribution in [2.45, 2.75) is 19.8 Å². The van der Waals surface area contributed by atoms with Gasteiger partial charge in [0.25, 0.3) is 11.8 Å². The first-order valence-corrected chi connectivity index (χ1v) is 9.68. The number of hydrogen-bond acceptors (Lipinski definition) is 4. The molecule has 7 nitrogen and oxygen atoms in total. The average Bonchev–Trinajstić information content (AvgIpc) is 3.08. The summed E-state index contributed by atoms with van der Waals surface area (Å²) in [5.41, 5.74) is 2.61. The number of carbonyl (C=O) groups excluding carboxylic acids is 2. The number of hydrogen-bond donors (Lipinski definition) is 2. The lowest BCUT2D eigenvalue weighted by molar-refractivity contribution is 0.0940. The second kappa shape index (κ2) is 8.87. The van der Waals surface area contributed by atoms with Gasteiger partial charge >= 0.3 is 0 Å². The van der Waals surface area contributed by atoms with Gasteiger partial charge in [0, 0.05) is 25.0 Å². The zero-order valence-electron chi connectivity index (χ0n) is 17.3. The zero-order valence-corrected chi connectivity index (χ0v) is 17.3. The van der Waals surface area contributed by atoms with E-state index < -0.39 is 0 Å². The third-order valence-electron chi connectivity index (χ3n) is 4.64. The highest BCUT2D eigenvalue weighted by atomic mass is 16.2. The molecule has 2 heterocycles. The standard InChI is InChI=1S/C22H27N5O2/c1-15(2)16-9-5-6-10-17(16)24-21(28)19-18-11-7-8-13-27(18)20(25-19)22(29)23-12-14-26(3)4/h5-11,13,15H,12,14H2,1-4H3,(H,23,29)(H,24,28). The molecule has 2 amide bonds. The van der Waals surface area contributed by atoms with Crippen molar-refractivity contribution in [1.82, 2.24) is 19.6 Å². The van der Waals surface area contributed by atoms with Crippen molar-refractivity contribution in [2.24, 2.45) is 0 Å². The van der Waals surface area contributed by atoms with Gasteiger partial charge in [-0.2, -0.15) is 0 Å². The number of anilines is 1. The summed E-state index contributed by atoms with van der Waals surface area (Å²) in [7, 11) is 3.88. The van der Waals surface area contributed by atoms with Crippen LogP contribution in [0.25, 0.3) is 5.52 Å². The predicted octanol–water partition coefficient (Wildman–Crippen LogP) is 3.00. The molecule has 0 atom stereocenters. The number of nitrogens with zero attached hydrogens (tertiary/aromatic N) is 3. The van der Waals surface area contributed by atoms with E-state index in [4.69, 9.17) is 0 Å². The lowest BCUT2D eigenvalue weighted by Crippen LogP contribution is -2.32. The fourth-order valence-corrected chi connectivity index (χ4v) is 3.13. The average molecular weight is 393 g/mol. The first-order valence-electron chi connectivity index (χ1n) is 9.68. The molecule has 0 unspecified atom stereocenters. The van der Waals surface area contributed by atoms with Crippen molar-refractivity contribution in [1.29, 1.82) is 0 Å². The number of aromatic nitrogens is 2. The van der Waals surface area contributed by atoms with E-state index in [9.17, 15) is 9.59 Å². The van der Waals surface area contributed by atoms with Crippen LogP contribution in [0.1, 0.15) is 46.4 Å². The monoisotopic (exact) mass is 393 g/mol. The molecule has 0 bridgehead atoms. The van der Waals surface area contributed by atoms with Gasteiger partial charge in [-0.25, -0.2) is 4.98 Å². The first-order chi connectivity index (χ1) is 13.9. The van der Waals surface area contributed by atoms with E-state index in [-0.39, 0.29) is 29.3 Å². The summed E-state index contributed by atoms with van der Waals surface area (Å²) in [6.07, 6.45) is 1.74. The molecule has 3 rings (SSSR count). The number of rotatable bonds is 7. The van der Waals surface area contributed by atoms with E-state index in [0.717, 1.165) is 11.3 Å². The van der Waals surface area contributed by atoms with Crippen LogP contribution in [0, 0.1) is 0 Å². The van der Waals surface area contributed by atoms with Crippen molar-refractivity contribution >= 4 is 23.0 Å². The predicted molar refractivity (Wildman–Crippen MR) is 115 cm³/mol. The summed E-state index contributed by atoms with van der Waals surface area (Å²) >= 11 is 0. The minimum atomic E-state index is -0.339. The molecule has 0 saturated carbocycles. The van der Waals surface area contributed by atoms with Crippen LogP contribution in [0.5, 0.6) is 0 Å². The molecule has 0 saturated heterocycles. The fourth-order valence-electron chi connectivity index (χ4n) is 3.13. The Bertz CT molecular complexity index is 1020. The van der Waals surface area contributed by atoms with Crippen molar-refractivity contribution in [3.05, 3.63) is 65.7 Å². The molecular weight excluding hydrogens is 366 g/mol. The molecular formula is C22H27N5O2. The van der Waals surface area contributed by atoms with Crippen LogP contribution >= 0.6 is 0 Å². The van der Waals surface area contributed by atoms with Gasteiger partial charge in [0.15, 0.2) is 5.69 Å². The van der Waals surface area contributed by atoms with Crippen molar-refractivity contribution < 1.29 is 9.59 Å². The minimum Gasteiger partial charge on any atom is -0.348 e. The normalized spacial score (nSPS) is 11.2. The topological polar surface area (TPSA) is 78.7 Å². The summed E-state index contributed by atoms with van der Waals surface area (Å²) in [5, 5.41) is 5.81. The van der Waals surface area contributed by atoms with Crippen LogP contribution in [0.4, 0.5) is 5.69 Å². The summed E-state index contributed by atoms with van der Waals surface area (Å²) in [6, 6.07) is 13.1. The lowest BCUT2D eigenvalue weighted by Gasteiger charge is -2.13. The third kappa shape index (κ3) is 4.63. The number of nitrogens with one attached hydrogen (secondary N) is 2. The Morgan fingerprint density at radius 3 is 2.52 bits per heavy atom. The Morgan fingerprint density at radius 1 is 1.07 bits per heavy atom. The number of pyridine rings is 1. The largest absolute Gasteiger partial charge is 0.348 e. The van der Waals surface area contributed by atoms with Crippen molar-refractivity contribution in [3.63, 3.8) is 0 Å². The Hall–Kier alpha value is -3.19. The molecule has 152 valence electrons. The summed E-state index contributed by atoms with van der Waals surface area (Å²) < 4.78 is 1.65. The molecule has 2 N–H and O–H groups in total. The molecule has 0 fully saturated rings. The molecule has 0 radical (unpaired) electrons. The molecule has 2 aromatic heterocycles. The van der Waals surface area contributed by atoms with Gasteiger partial charge in [-0.1, -0.05) is 38.1 Å². The van der Waals surface area contributed by atoms with Gasteiger partial charge in [0.05, 0.1) is 5.52 Å². The highest BCUT2D eigenvalue weighted by molar-refractivity contribution is 6.09. The number of likely N-dealkylation sites (N-methyl/N-ethyl adjacent to an activating group) is 1. The van der Waals surface area contributed by atoms with Gasteiger partial charge in [0.1, 0.15) is 0 Å². The Labute approximate surface area is 170 Å². The van der Waals surface area contributed by atoms with Gasteiger partial charge in [-0.05, 0) is 43.8 Å². The number of carbonyl (C=O) groups is 2. The van der Waals surface area contributed by atoms with E-state index in [2.05, 4.69) is 29.5 Å². The van der Waals surface area contributed by atoms with Crippen molar-refractivity contribution in [2.75, 3.05) is 32.5 Å². The van der Waals surface area contributed by atoms with E-state index in [1.807, 2.05) is 49.3 Å². The molecule has 0 aliphatic carbocycles. The van der Waals surface area contributed by atoms with Crippen LogP contribution in [0.15, 0.2) is 48.7 Å². The lowest BCUT2D eigenvalue weighted by atomic mass is 10.0. The summed E-state index contributed by atoms with van der Waals surface area (Å²) in [4.78, 5) is 32.0. The van der Waals surface area contributed by atoms with Crippen LogP contribution in [0.2, 0.25) is 0 Å². The van der Waals surface area contributed by atoms with Gasteiger partial charge in [-0.15, -0.1) is 0 Å². The van der Waals surface area contributed by atoms with E-state index in [1.54, 1.807) is 22.7 Å². The molecule has 29 heavy (non-hydrogen) atoms. The van der Waals surface area contributed by atoms with Gasteiger partial charge in [-0.3, -0.25) is 14.0 Å². The maximum atomic E-state index is 13.0. The number of imidazole rings is 1. The summed E-state index contributed by atoms with van der Waals surface area (Å²) in [6.45, 7) is 5.37. The second-order valence-electron chi connectivity index (χ2n) is 7.50. The maximum Gasteiger partial charge on any atom is 0.287 e. The van der Waals surface area contributed by atoms with Crippen LogP contribution in [0.3, 0.4) is 0 Å². The highest BCUT2D eigenvalue weighted by Crippen LogP contribution is 2.24. The minimum absolute atomic E-state index is 0.196. The molecule has 0 aliphatic heterocycles. The smallest absolute Gasteiger partial charge is 0.287 e. The molecule has 3 aromatic rings. The second-order valence-corrected chi connectivity index (χ2v) is 7.50. The SMILES string of the molecule is CC(C)c1ccccc1NC(=O)c1nc(C(=O)NCCN(C)C)n2ccccc12. The molecule has 7 heteroatoms. The summed E-state index contributed by atoms with van der Waals surface area (Å²) in [5.74, 6) is -0.186. The first kappa shape index (κ1) is 20.5. The number of benzene rings is 1. The maximum absolute atomic E-state index is 13.0. The third-order valence-corrected chi connectivity index (χ3v) is 4.64. The van der Waals surface area contributed by atoms with Crippen LogP contribution in [-0.2, 0) is 0 Å². The number of para-hydroxylation sites is 1. The zero-order chi connectivity index (χ0) is 21.0. The quantitative estimate of drug-likeness (QED) is 0.647. The Morgan fingerprint density at radius 2 is 1.79 bits per heavy atom. The Kier molecular flexibility index (Phi) is 6.29. The van der Waals surface area contributed by atoms with E-state index in [1.165, 1.54) is 0 Å². The fraction of sp³-hybridized carbons (Fsp3) is 0.318. The van der Waals surface area contributed by atoms with Crippen molar-refractivity contribution in [3.8, 4) is 0 Å². The van der Waals surface area contributed by atoms with Crippen LogP contribution in [-0.4, -0.2) is 53.3 Å². The van der Waals surface area contributed by atoms with Gasteiger partial charge < -0.3 is 15.5 Å².